The Morgan fingerprint density at radius 2 is 1.76 bits per heavy atom. The Morgan fingerprint density at radius 3 is 2.38 bits per heavy atom. The third kappa shape index (κ3) is 5.20. The smallest absolute Gasteiger partial charge is 0.341 e. The number of carbonyl (C=O) groups excluding carboxylic acids is 4. The van der Waals surface area contributed by atoms with Gasteiger partial charge in [0.05, 0.1) is 22.6 Å². The quantitative estimate of drug-likeness (QED) is 0.500. The predicted molar refractivity (Wildman–Crippen MR) is 110 cm³/mol. The average Bonchev–Trinajstić information content (AvgIpc) is 3.02. The third-order valence-corrected chi connectivity index (χ3v) is 5.26. The van der Waals surface area contributed by atoms with Gasteiger partial charge in [-0.15, -0.1) is 11.3 Å². The Kier molecular flexibility index (Phi) is 7.49. The molecule has 0 aliphatic carbocycles. The first-order valence-corrected chi connectivity index (χ1v) is 9.66. The van der Waals surface area contributed by atoms with Crippen molar-refractivity contribution >= 4 is 45.7 Å². The van der Waals surface area contributed by atoms with E-state index in [2.05, 4.69) is 10.6 Å². The van der Waals surface area contributed by atoms with E-state index in [-0.39, 0.29) is 23.0 Å². The maximum absolute atomic E-state index is 12.3. The molecule has 1 heterocycles. The molecule has 0 atom stereocenters. The van der Waals surface area contributed by atoms with E-state index in [0.29, 0.717) is 21.7 Å². The van der Waals surface area contributed by atoms with E-state index >= 15 is 0 Å². The molecule has 0 radical (unpaired) electrons. The Morgan fingerprint density at radius 1 is 1.07 bits per heavy atom. The molecule has 1 aromatic carbocycles. The van der Waals surface area contributed by atoms with Gasteiger partial charge >= 0.3 is 11.9 Å². The minimum Gasteiger partial charge on any atom is -0.462 e. The fraction of sp³-hybridized carbons (Fsp3) is 0.300. The highest BCUT2D eigenvalue weighted by Crippen LogP contribution is 2.34. The van der Waals surface area contributed by atoms with Crippen LogP contribution in [-0.4, -0.2) is 43.9 Å². The molecule has 1 amide bonds. The van der Waals surface area contributed by atoms with Crippen LogP contribution in [0, 0.1) is 6.92 Å². The van der Waals surface area contributed by atoms with Crippen LogP contribution in [-0.2, 0) is 14.3 Å². The number of Topliss-reactive ketones (excluding diaryl/α,β-unsaturated/α-hetero) is 1. The van der Waals surface area contributed by atoms with Crippen molar-refractivity contribution in [1.82, 2.24) is 0 Å². The number of esters is 2. The number of ketones is 1. The molecule has 2 aromatic rings. The first-order chi connectivity index (χ1) is 13.8. The molecule has 2 rings (SSSR count). The Labute approximate surface area is 172 Å². The summed E-state index contributed by atoms with van der Waals surface area (Å²) in [5.41, 5.74) is 1.43. The number of hydrogen-bond acceptors (Lipinski definition) is 8. The van der Waals surface area contributed by atoms with Gasteiger partial charge in [-0.3, -0.25) is 9.59 Å². The molecule has 0 unspecified atom stereocenters. The second kappa shape index (κ2) is 9.83. The third-order valence-electron chi connectivity index (χ3n) is 3.95. The number of nitrogens with one attached hydrogen (secondary N) is 2. The molecule has 0 aliphatic heterocycles. The standard InChI is InChI=1S/C20H22N2O6S/c1-5-27-20(26)16-11(2)17(12(3)23)29-18(16)22-15(24)10-28-19(25)13-8-6-7-9-14(13)21-4/h6-9,21H,5,10H2,1-4H3,(H,22,24). The highest BCUT2D eigenvalue weighted by Gasteiger charge is 2.25. The lowest BCUT2D eigenvalue weighted by molar-refractivity contribution is -0.119. The second-order valence-electron chi connectivity index (χ2n) is 5.96. The van der Waals surface area contributed by atoms with E-state index in [9.17, 15) is 19.2 Å². The van der Waals surface area contributed by atoms with Gasteiger partial charge in [-0.25, -0.2) is 9.59 Å². The molecule has 0 saturated heterocycles. The van der Waals surface area contributed by atoms with Crippen LogP contribution in [0.25, 0.3) is 0 Å². The summed E-state index contributed by atoms with van der Waals surface area (Å²) in [5.74, 6) is -2.16. The largest absolute Gasteiger partial charge is 0.462 e. The summed E-state index contributed by atoms with van der Waals surface area (Å²) in [6.45, 7) is 4.25. The zero-order valence-corrected chi connectivity index (χ0v) is 17.4. The van der Waals surface area contributed by atoms with Gasteiger partial charge in [-0.05, 0) is 38.5 Å². The summed E-state index contributed by atoms with van der Waals surface area (Å²) >= 11 is 0.981. The zero-order valence-electron chi connectivity index (χ0n) is 16.6. The van der Waals surface area contributed by atoms with E-state index in [4.69, 9.17) is 9.47 Å². The first-order valence-electron chi connectivity index (χ1n) is 8.85. The minimum atomic E-state index is -0.664. The number of ether oxygens (including phenoxy) is 2. The lowest BCUT2D eigenvalue weighted by Crippen LogP contribution is -2.22. The Balaban J connectivity index is 2.14. The van der Waals surface area contributed by atoms with Crippen LogP contribution in [0.4, 0.5) is 10.7 Å². The summed E-state index contributed by atoms with van der Waals surface area (Å²) in [6, 6.07) is 6.73. The number of anilines is 2. The molecule has 0 aliphatic rings. The topological polar surface area (TPSA) is 111 Å². The summed E-state index contributed by atoms with van der Waals surface area (Å²) < 4.78 is 10.1. The molecule has 29 heavy (non-hydrogen) atoms. The Hall–Kier alpha value is -3.20. The van der Waals surface area contributed by atoms with Crippen LogP contribution in [0.15, 0.2) is 24.3 Å². The normalized spacial score (nSPS) is 10.2. The molecule has 2 N–H and O–H groups in total. The van der Waals surface area contributed by atoms with E-state index in [1.165, 1.54) is 6.92 Å². The minimum absolute atomic E-state index is 0.127. The maximum atomic E-state index is 12.3. The van der Waals surface area contributed by atoms with E-state index < -0.39 is 24.5 Å². The van der Waals surface area contributed by atoms with E-state index in [1.54, 1.807) is 45.2 Å². The fourth-order valence-corrected chi connectivity index (χ4v) is 3.74. The molecule has 0 saturated carbocycles. The average molecular weight is 418 g/mol. The van der Waals surface area contributed by atoms with Crippen molar-refractivity contribution in [3.8, 4) is 0 Å². The van der Waals surface area contributed by atoms with Crippen molar-refractivity contribution in [2.75, 3.05) is 30.9 Å². The second-order valence-corrected chi connectivity index (χ2v) is 6.98. The molecule has 1 aromatic heterocycles. The SMILES string of the molecule is CCOC(=O)c1c(NC(=O)COC(=O)c2ccccc2NC)sc(C(C)=O)c1C. The van der Waals surface area contributed by atoms with Crippen molar-refractivity contribution in [3.05, 3.63) is 45.8 Å². The molecule has 154 valence electrons. The van der Waals surface area contributed by atoms with Crippen LogP contribution >= 0.6 is 11.3 Å². The van der Waals surface area contributed by atoms with Gasteiger partial charge < -0.3 is 20.1 Å². The van der Waals surface area contributed by atoms with Crippen molar-refractivity contribution in [2.45, 2.75) is 20.8 Å². The molecular weight excluding hydrogens is 396 g/mol. The number of para-hydroxylation sites is 1. The highest BCUT2D eigenvalue weighted by molar-refractivity contribution is 7.18. The van der Waals surface area contributed by atoms with Gasteiger partial charge in [-0.2, -0.15) is 0 Å². The predicted octanol–water partition coefficient (Wildman–Crippen LogP) is 3.27. The first kappa shape index (κ1) is 22.1. The molecular formula is C20H22N2O6S. The van der Waals surface area contributed by atoms with E-state index in [0.717, 1.165) is 11.3 Å². The van der Waals surface area contributed by atoms with Gasteiger partial charge in [0, 0.05) is 12.7 Å². The maximum Gasteiger partial charge on any atom is 0.341 e. The fourth-order valence-electron chi connectivity index (χ4n) is 2.64. The van der Waals surface area contributed by atoms with Crippen LogP contribution in [0.5, 0.6) is 0 Å². The van der Waals surface area contributed by atoms with Gasteiger partial charge in [0.1, 0.15) is 5.00 Å². The van der Waals surface area contributed by atoms with Crippen molar-refractivity contribution < 1.29 is 28.7 Å². The van der Waals surface area contributed by atoms with Crippen molar-refractivity contribution in [3.63, 3.8) is 0 Å². The number of thiophene rings is 1. The summed E-state index contributed by atoms with van der Waals surface area (Å²) in [5, 5.41) is 5.59. The number of amides is 1. The highest BCUT2D eigenvalue weighted by atomic mass is 32.1. The van der Waals surface area contributed by atoms with Crippen LogP contribution in [0.3, 0.4) is 0 Å². The molecule has 0 fully saturated rings. The summed E-state index contributed by atoms with van der Waals surface area (Å²) in [6.07, 6.45) is 0. The number of rotatable bonds is 8. The van der Waals surface area contributed by atoms with Gasteiger partial charge in [0.2, 0.25) is 0 Å². The number of carbonyl (C=O) groups is 4. The van der Waals surface area contributed by atoms with Crippen LogP contribution in [0.2, 0.25) is 0 Å². The zero-order chi connectivity index (χ0) is 21.6. The molecule has 9 heteroatoms. The van der Waals surface area contributed by atoms with Crippen LogP contribution < -0.4 is 10.6 Å². The van der Waals surface area contributed by atoms with Crippen LogP contribution in [0.1, 0.15) is 49.8 Å². The monoisotopic (exact) mass is 418 g/mol. The molecule has 8 nitrogen and oxygen atoms in total. The summed E-state index contributed by atoms with van der Waals surface area (Å²) in [4.78, 5) is 48.9. The molecule has 0 spiro atoms. The lowest BCUT2D eigenvalue weighted by Gasteiger charge is -2.10. The van der Waals surface area contributed by atoms with Crippen molar-refractivity contribution in [2.24, 2.45) is 0 Å². The Bertz CT molecular complexity index is 950. The van der Waals surface area contributed by atoms with Gasteiger partial charge in [-0.1, -0.05) is 12.1 Å². The number of hydrogen-bond donors (Lipinski definition) is 2. The number of benzene rings is 1. The van der Waals surface area contributed by atoms with Crippen molar-refractivity contribution in [1.29, 1.82) is 0 Å². The van der Waals surface area contributed by atoms with E-state index in [1.807, 2.05) is 0 Å². The lowest BCUT2D eigenvalue weighted by atomic mass is 10.1. The molecule has 0 bridgehead atoms. The van der Waals surface area contributed by atoms with Gasteiger partial charge in [0.25, 0.3) is 5.91 Å². The summed E-state index contributed by atoms with van der Waals surface area (Å²) in [7, 11) is 1.67. The van der Waals surface area contributed by atoms with Gasteiger partial charge in [0.15, 0.2) is 12.4 Å².